The van der Waals surface area contributed by atoms with E-state index >= 15 is 0 Å². The Morgan fingerprint density at radius 1 is 0.691 bits per heavy atom. The number of nitro groups is 4. The molecule has 0 fully saturated rings. The molecule has 5 aromatic carbocycles. The summed E-state index contributed by atoms with van der Waals surface area (Å²) in [4.78, 5) is 57.9. The topological polar surface area (TPSA) is 403 Å². The molecule has 0 aliphatic carbocycles. The van der Waals surface area contributed by atoms with Crippen LogP contribution in [-0.4, -0.2) is 91.0 Å². The van der Waals surface area contributed by atoms with Crippen LogP contribution in [0.1, 0.15) is 10.4 Å². The lowest BCUT2D eigenvalue weighted by Gasteiger charge is -2.12. The highest BCUT2D eigenvalue weighted by Gasteiger charge is 2.31. The molecule has 30 nitrogen and oxygen atoms in total. The quantitative estimate of drug-likeness (QED) is 0.0171. The lowest BCUT2D eigenvalue weighted by atomic mass is 10.1. The van der Waals surface area contributed by atoms with Crippen molar-refractivity contribution in [2.75, 3.05) is 17.4 Å². The minimum Gasteiger partial charge on any atom is -0.466 e. The Hall–Kier alpha value is -8.25. The molecule has 34 heteroatoms. The molecule has 0 spiro atoms. The molecule has 4 N–H and O–H groups in total. The van der Waals surface area contributed by atoms with Gasteiger partial charge in [0.2, 0.25) is 16.1 Å². The Bertz CT molecular complexity index is 3210. The highest BCUT2D eigenvalue weighted by atomic mass is 32.2. The van der Waals surface area contributed by atoms with E-state index < -0.39 is 81.4 Å². The van der Waals surface area contributed by atoms with Gasteiger partial charge in [-0.25, -0.2) is 5.26 Å². The van der Waals surface area contributed by atoms with Crippen LogP contribution < -0.4 is 15.4 Å². The average molecular weight is 1010 g/mol. The van der Waals surface area contributed by atoms with Gasteiger partial charge in [-0.1, -0.05) is 11.1 Å². The maximum Gasteiger partial charge on any atom is 0.317 e. The number of aromatic nitrogens is 8. The third-order valence-electron chi connectivity index (χ3n) is 8.68. The summed E-state index contributed by atoms with van der Waals surface area (Å²) in [5.41, 5.74) is -2.96. The summed E-state index contributed by atoms with van der Waals surface area (Å²) >= 11 is 1.93. The molecule has 7 aromatic rings. The smallest absolute Gasteiger partial charge is 0.317 e. The predicted octanol–water partition coefficient (Wildman–Crippen LogP) is 5.95. The number of ether oxygens (including phenoxy) is 1. The van der Waals surface area contributed by atoms with Crippen LogP contribution >= 0.6 is 35.6 Å². The number of hydrogen-bond donors (Lipinski definition) is 4. The largest absolute Gasteiger partial charge is 0.466 e. The number of carbonyl (C=O) groups is 1. The Kier molecular flexibility index (Phi) is 14.4. The van der Waals surface area contributed by atoms with Gasteiger partial charge in [-0.05, 0) is 117 Å². The van der Waals surface area contributed by atoms with Gasteiger partial charge in [-0.3, -0.25) is 49.8 Å². The maximum absolute atomic E-state index is 13.7. The molecule has 0 saturated heterocycles. The molecule has 0 bridgehead atoms. The Labute approximate surface area is 389 Å². The van der Waals surface area contributed by atoms with E-state index in [1.165, 1.54) is 41.1 Å². The number of nitro benzene ring substituents is 4. The molecule has 2 aromatic heterocycles. The highest BCUT2D eigenvalue weighted by Crippen LogP contribution is 2.43. The van der Waals surface area contributed by atoms with E-state index in [0.717, 1.165) is 28.9 Å². The van der Waals surface area contributed by atoms with E-state index in [9.17, 15) is 58.2 Å². The van der Waals surface area contributed by atoms with Crippen LogP contribution in [0.5, 0.6) is 5.75 Å². The maximum atomic E-state index is 13.7. The molecule has 0 aliphatic heterocycles. The third kappa shape index (κ3) is 11.0. The van der Waals surface area contributed by atoms with Gasteiger partial charge >= 0.3 is 5.69 Å². The summed E-state index contributed by atoms with van der Waals surface area (Å²) in [5, 5.41) is 88.0. The summed E-state index contributed by atoms with van der Waals surface area (Å²) in [6, 6.07) is 19.7. The molecule has 0 radical (unpaired) electrons. The first kappa shape index (κ1) is 47.7. The molecule has 68 heavy (non-hydrogen) atoms. The lowest BCUT2D eigenvalue weighted by Crippen LogP contribution is -2.15. The molecular formula is C34H22N14O16S4. The number of amides is 1. The fourth-order valence-corrected chi connectivity index (χ4v) is 8.36. The van der Waals surface area contributed by atoms with E-state index in [2.05, 4.69) is 51.1 Å². The van der Waals surface area contributed by atoms with Crippen LogP contribution in [0.15, 0.2) is 127 Å². The van der Waals surface area contributed by atoms with E-state index in [1.54, 1.807) is 24.3 Å². The Morgan fingerprint density at radius 3 is 1.76 bits per heavy atom. The molecule has 348 valence electrons. The molecule has 2 heterocycles. The van der Waals surface area contributed by atoms with Gasteiger partial charge in [0.25, 0.3) is 33.1 Å². The van der Waals surface area contributed by atoms with E-state index in [1.807, 2.05) is 0 Å². The van der Waals surface area contributed by atoms with Crippen LogP contribution in [0.3, 0.4) is 0 Å². The number of nitrogens with zero attached hydrogens (tertiary/aromatic N) is 12. The first-order valence-corrected chi connectivity index (χ1v) is 21.8. The van der Waals surface area contributed by atoms with Gasteiger partial charge in [0.15, 0.2) is 6.73 Å². The van der Waals surface area contributed by atoms with Crippen LogP contribution in [0.2, 0.25) is 0 Å². The lowest BCUT2D eigenvalue weighted by molar-refractivity contribution is -0.432. The molecular weight excluding hydrogens is 989 g/mol. The van der Waals surface area contributed by atoms with Crippen molar-refractivity contribution in [2.45, 2.75) is 29.9 Å². The zero-order valence-corrected chi connectivity index (χ0v) is 36.3. The van der Waals surface area contributed by atoms with Gasteiger partial charge in [0.05, 0.1) is 69.9 Å². The Balaban J connectivity index is 1.09. The summed E-state index contributed by atoms with van der Waals surface area (Å²) in [6.45, 7) is -0.494. The number of anilines is 2. The van der Waals surface area contributed by atoms with Crippen molar-refractivity contribution in [1.29, 1.82) is 0 Å². The standard InChI is InChI=1S/C34H22N14O16S4/c49-32(24-13-30(27(47(54)55)14-25(24)45(50)51)65-33-37-39-42-44(33)21-6-10-23(11-7-21)68(59,60)61)36-19-3-1-2-18(12-19)35-17-62-29-16-31(28(48(56)57)15-26(29)46(52)53)66-34-38-40-41-43(34)20-4-8-22(9-5-20)67-64-63-58/h1-16,35,58H,17H2,(H,36,49)(H,59,60,61). The first-order chi connectivity index (χ1) is 32.5. The number of carbonyl (C=O) groups excluding carboxylic acids is 1. The fourth-order valence-electron chi connectivity index (χ4n) is 5.70. The highest BCUT2D eigenvalue weighted by molar-refractivity contribution is 7.99. The normalized spacial score (nSPS) is 11.2. The number of tetrazole rings is 2. The van der Waals surface area contributed by atoms with E-state index in [0.29, 0.717) is 58.3 Å². The second-order valence-corrected chi connectivity index (χ2v) is 17.0. The van der Waals surface area contributed by atoms with Crippen molar-refractivity contribution >= 4 is 85.7 Å². The number of hydrogen-bond acceptors (Lipinski definition) is 25. The van der Waals surface area contributed by atoms with Gasteiger partial charge in [-0.2, -0.15) is 17.8 Å². The molecule has 0 atom stereocenters. The van der Waals surface area contributed by atoms with Crippen molar-refractivity contribution in [3.63, 3.8) is 0 Å². The first-order valence-electron chi connectivity index (χ1n) is 18.0. The van der Waals surface area contributed by atoms with Gasteiger partial charge in [-0.15, -0.1) is 14.5 Å². The number of benzene rings is 5. The van der Waals surface area contributed by atoms with Crippen molar-refractivity contribution in [1.82, 2.24) is 40.4 Å². The molecule has 1 amide bonds. The molecule has 0 aliphatic rings. The molecule has 0 unspecified atom stereocenters. The second-order valence-electron chi connectivity index (χ2n) is 12.8. The monoisotopic (exact) mass is 1010 g/mol. The van der Waals surface area contributed by atoms with Crippen LogP contribution in [0.4, 0.5) is 34.1 Å². The summed E-state index contributed by atoms with van der Waals surface area (Å²) < 4.78 is 44.6. The SMILES string of the molecule is O=C(Nc1cccc(NCOc2cc(Sc3nnnn3-c3ccc(SOOO)cc3)c([N+](=O)[O-])cc2[N+](=O)[O-])c1)c1cc(Sc2nnnn2-c2ccc(S(=O)(=O)O)cc2)c([N+](=O)[O-])cc1[N+](=O)[O-]. The van der Waals surface area contributed by atoms with Gasteiger partial charge < -0.3 is 15.4 Å². The van der Waals surface area contributed by atoms with Gasteiger partial charge in [0, 0.05) is 22.3 Å². The van der Waals surface area contributed by atoms with Gasteiger partial charge in [0.1, 0.15) is 5.56 Å². The average Bonchev–Trinajstić information content (AvgIpc) is 3.97. The van der Waals surface area contributed by atoms with Crippen molar-refractivity contribution in [3.8, 4) is 17.1 Å². The van der Waals surface area contributed by atoms with Crippen LogP contribution in [0.25, 0.3) is 11.4 Å². The second kappa shape index (κ2) is 20.5. The van der Waals surface area contributed by atoms with Crippen LogP contribution in [-0.2, 0) is 19.5 Å². The predicted molar refractivity (Wildman–Crippen MR) is 230 cm³/mol. The fraction of sp³-hybridized carbons (Fsp3) is 0.0294. The summed E-state index contributed by atoms with van der Waals surface area (Å²) in [6.07, 6.45) is 0. The minimum absolute atomic E-state index is 0.0141. The summed E-state index contributed by atoms with van der Waals surface area (Å²) in [7, 11) is -4.55. The number of rotatable bonds is 20. The van der Waals surface area contributed by atoms with Crippen molar-refractivity contribution in [3.05, 3.63) is 143 Å². The zero-order chi connectivity index (χ0) is 48.7. The van der Waals surface area contributed by atoms with Crippen LogP contribution in [0, 0.1) is 40.5 Å². The van der Waals surface area contributed by atoms with E-state index in [4.69, 9.17) is 9.99 Å². The molecule has 0 saturated carbocycles. The zero-order valence-electron chi connectivity index (χ0n) is 33.1. The minimum atomic E-state index is -4.55. The van der Waals surface area contributed by atoms with Crippen molar-refractivity contribution in [2.24, 2.45) is 0 Å². The Morgan fingerprint density at radius 2 is 1.22 bits per heavy atom. The van der Waals surface area contributed by atoms with E-state index in [-0.39, 0.29) is 37.2 Å². The third-order valence-corrected chi connectivity index (χ3v) is 12.1. The number of nitrogens with one attached hydrogen (secondary N) is 2. The van der Waals surface area contributed by atoms with Crippen molar-refractivity contribution < 1.29 is 56.8 Å². The molecule has 7 rings (SSSR count). The summed E-state index contributed by atoms with van der Waals surface area (Å²) in [5.74, 6) is -1.49.